The van der Waals surface area contributed by atoms with Crippen molar-refractivity contribution in [1.82, 2.24) is 19.7 Å². The lowest BCUT2D eigenvalue weighted by Crippen LogP contribution is -2.37. The number of ether oxygens (including phenoxy) is 1. The minimum atomic E-state index is 0.385. The molecule has 3 heterocycles. The van der Waals surface area contributed by atoms with Crippen LogP contribution < -0.4 is 5.73 Å². The van der Waals surface area contributed by atoms with Crippen LogP contribution in [0.5, 0.6) is 0 Å². The first kappa shape index (κ1) is 14.0. The molecule has 2 N–H and O–H groups in total. The maximum absolute atomic E-state index is 5.86. The Morgan fingerprint density at radius 1 is 1.30 bits per heavy atom. The summed E-state index contributed by atoms with van der Waals surface area (Å²) in [7, 11) is 0. The van der Waals surface area contributed by atoms with Crippen molar-refractivity contribution in [3.63, 3.8) is 0 Å². The van der Waals surface area contributed by atoms with Crippen LogP contribution in [0.15, 0.2) is 0 Å². The Morgan fingerprint density at radius 2 is 2.10 bits per heavy atom. The summed E-state index contributed by atoms with van der Waals surface area (Å²) in [5, 5.41) is 4.71. The first-order chi connectivity index (χ1) is 9.78. The van der Waals surface area contributed by atoms with Crippen LogP contribution in [-0.4, -0.2) is 59.1 Å². The second-order valence-electron chi connectivity index (χ2n) is 5.89. The normalized spacial score (nSPS) is 27.5. The summed E-state index contributed by atoms with van der Waals surface area (Å²) in [5.41, 5.74) is 5.86. The lowest BCUT2D eigenvalue weighted by molar-refractivity contribution is 0.0382. The van der Waals surface area contributed by atoms with E-state index in [1.807, 2.05) is 0 Å². The fourth-order valence-electron chi connectivity index (χ4n) is 3.09. The SMILES string of the molecule is CC1CCC(CN)c2nc(CCN3CCOCC3)nn21. The Balaban J connectivity index is 1.65. The van der Waals surface area contributed by atoms with E-state index >= 15 is 0 Å². The summed E-state index contributed by atoms with van der Waals surface area (Å²) in [4.78, 5) is 7.18. The Kier molecular flexibility index (Phi) is 4.33. The third-order valence-electron chi connectivity index (χ3n) is 4.46. The molecule has 6 nitrogen and oxygen atoms in total. The monoisotopic (exact) mass is 279 g/mol. The van der Waals surface area contributed by atoms with E-state index in [1.54, 1.807) is 0 Å². The first-order valence-corrected chi connectivity index (χ1v) is 7.73. The second kappa shape index (κ2) is 6.20. The summed E-state index contributed by atoms with van der Waals surface area (Å²) < 4.78 is 7.48. The van der Waals surface area contributed by atoms with Gasteiger partial charge in [0.25, 0.3) is 0 Å². The molecule has 1 aromatic rings. The van der Waals surface area contributed by atoms with Crippen LogP contribution in [0.2, 0.25) is 0 Å². The summed E-state index contributed by atoms with van der Waals surface area (Å²) in [5.74, 6) is 2.46. The number of hydrogen-bond donors (Lipinski definition) is 1. The molecule has 0 spiro atoms. The van der Waals surface area contributed by atoms with Crippen molar-refractivity contribution in [2.24, 2.45) is 5.73 Å². The molecule has 0 amide bonds. The second-order valence-corrected chi connectivity index (χ2v) is 5.89. The van der Waals surface area contributed by atoms with Gasteiger partial charge in [0.15, 0.2) is 5.82 Å². The molecule has 1 aromatic heterocycles. The van der Waals surface area contributed by atoms with E-state index in [2.05, 4.69) is 16.5 Å². The number of nitrogens with zero attached hydrogens (tertiary/aromatic N) is 4. The van der Waals surface area contributed by atoms with Crippen molar-refractivity contribution < 1.29 is 4.74 Å². The molecule has 1 fully saturated rings. The van der Waals surface area contributed by atoms with Crippen LogP contribution in [-0.2, 0) is 11.2 Å². The zero-order valence-electron chi connectivity index (χ0n) is 12.3. The van der Waals surface area contributed by atoms with Crippen LogP contribution in [0.1, 0.15) is 43.4 Å². The lowest BCUT2D eigenvalue weighted by atomic mass is 9.95. The van der Waals surface area contributed by atoms with Gasteiger partial charge < -0.3 is 10.5 Å². The predicted octanol–water partition coefficient (Wildman–Crippen LogP) is 0.550. The fourth-order valence-corrected chi connectivity index (χ4v) is 3.09. The summed E-state index contributed by atoms with van der Waals surface area (Å²) >= 11 is 0. The molecule has 112 valence electrons. The van der Waals surface area contributed by atoms with Gasteiger partial charge in [-0.1, -0.05) is 0 Å². The number of nitrogens with two attached hydrogens (primary N) is 1. The summed E-state index contributed by atoms with van der Waals surface area (Å²) in [6.45, 7) is 7.66. The topological polar surface area (TPSA) is 69.2 Å². The van der Waals surface area contributed by atoms with E-state index in [1.165, 1.54) is 0 Å². The van der Waals surface area contributed by atoms with Gasteiger partial charge in [0.1, 0.15) is 5.82 Å². The van der Waals surface area contributed by atoms with Crippen LogP contribution >= 0.6 is 0 Å². The van der Waals surface area contributed by atoms with Crippen molar-refractivity contribution in [3.8, 4) is 0 Å². The van der Waals surface area contributed by atoms with Gasteiger partial charge in [-0.15, -0.1) is 0 Å². The van der Waals surface area contributed by atoms with Crippen molar-refractivity contribution >= 4 is 0 Å². The molecule has 0 aromatic carbocycles. The van der Waals surface area contributed by atoms with Crippen LogP contribution in [0.4, 0.5) is 0 Å². The van der Waals surface area contributed by atoms with Gasteiger partial charge >= 0.3 is 0 Å². The highest BCUT2D eigenvalue weighted by Gasteiger charge is 2.27. The molecule has 3 rings (SSSR count). The average Bonchev–Trinajstić information content (AvgIpc) is 2.92. The van der Waals surface area contributed by atoms with Crippen LogP contribution in [0.25, 0.3) is 0 Å². The Morgan fingerprint density at radius 3 is 2.85 bits per heavy atom. The predicted molar refractivity (Wildman–Crippen MR) is 76.7 cm³/mol. The highest BCUT2D eigenvalue weighted by molar-refractivity contribution is 5.05. The molecule has 0 aliphatic carbocycles. The standard InChI is InChI=1S/C14H25N5O/c1-11-2-3-12(10-15)14-16-13(17-19(11)14)4-5-18-6-8-20-9-7-18/h11-12H,2-10,15H2,1H3. The lowest BCUT2D eigenvalue weighted by Gasteiger charge is -2.25. The smallest absolute Gasteiger partial charge is 0.152 e. The van der Waals surface area contributed by atoms with Crippen molar-refractivity contribution in [2.45, 2.75) is 38.1 Å². The maximum atomic E-state index is 5.86. The first-order valence-electron chi connectivity index (χ1n) is 7.73. The Labute approximate surface area is 120 Å². The number of hydrogen-bond acceptors (Lipinski definition) is 5. The van der Waals surface area contributed by atoms with Crippen molar-refractivity contribution in [1.29, 1.82) is 0 Å². The van der Waals surface area contributed by atoms with E-state index in [0.717, 1.165) is 63.8 Å². The molecule has 2 aliphatic heterocycles. The van der Waals surface area contributed by atoms with E-state index in [4.69, 9.17) is 20.6 Å². The average molecular weight is 279 g/mol. The van der Waals surface area contributed by atoms with Crippen molar-refractivity contribution in [2.75, 3.05) is 39.4 Å². The summed E-state index contributed by atoms with van der Waals surface area (Å²) in [6.07, 6.45) is 3.21. The Bertz CT molecular complexity index is 441. The van der Waals surface area contributed by atoms with Crippen LogP contribution in [0.3, 0.4) is 0 Å². The quantitative estimate of drug-likeness (QED) is 0.871. The van der Waals surface area contributed by atoms with Gasteiger partial charge in [-0.3, -0.25) is 4.90 Å². The number of fused-ring (bicyclic) bond motifs is 1. The van der Waals surface area contributed by atoms with Gasteiger partial charge in [0.2, 0.25) is 0 Å². The molecule has 1 saturated heterocycles. The van der Waals surface area contributed by atoms with Gasteiger partial charge in [-0.05, 0) is 19.8 Å². The van der Waals surface area contributed by atoms with Gasteiger partial charge in [-0.25, -0.2) is 9.67 Å². The molecule has 0 bridgehead atoms. The number of rotatable bonds is 4. The zero-order chi connectivity index (χ0) is 13.9. The minimum absolute atomic E-state index is 0.385. The Hall–Kier alpha value is -0.980. The summed E-state index contributed by atoms with van der Waals surface area (Å²) in [6, 6.07) is 0.456. The van der Waals surface area contributed by atoms with Gasteiger partial charge in [0, 0.05) is 38.5 Å². The minimum Gasteiger partial charge on any atom is -0.379 e. The molecule has 2 atom stereocenters. The third-order valence-corrected chi connectivity index (χ3v) is 4.46. The molecular weight excluding hydrogens is 254 g/mol. The molecule has 2 aliphatic rings. The fraction of sp³-hybridized carbons (Fsp3) is 0.857. The molecule has 0 radical (unpaired) electrons. The van der Waals surface area contributed by atoms with E-state index in [-0.39, 0.29) is 0 Å². The third kappa shape index (κ3) is 2.87. The van der Waals surface area contributed by atoms with Gasteiger partial charge in [-0.2, -0.15) is 5.10 Å². The molecule has 20 heavy (non-hydrogen) atoms. The highest BCUT2D eigenvalue weighted by Crippen LogP contribution is 2.30. The maximum Gasteiger partial charge on any atom is 0.152 e. The van der Waals surface area contributed by atoms with Crippen LogP contribution in [0, 0.1) is 0 Å². The van der Waals surface area contributed by atoms with E-state index in [9.17, 15) is 0 Å². The van der Waals surface area contributed by atoms with Crippen molar-refractivity contribution in [3.05, 3.63) is 11.6 Å². The largest absolute Gasteiger partial charge is 0.379 e. The molecule has 2 unspecified atom stereocenters. The zero-order valence-corrected chi connectivity index (χ0v) is 12.3. The van der Waals surface area contributed by atoms with Gasteiger partial charge in [0.05, 0.1) is 19.3 Å². The number of morpholine rings is 1. The van der Waals surface area contributed by atoms with E-state index < -0.39 is 0 Å². The molecular formula is C14H25N5O. The highest BCUT2D eigenvalue weighted by atomic mass is 16.5. The molecule has 0 saturated carbocycles. The number of aromatic nitrogens is 3. The molecule has 6 heteroatoms. The van der Waals surface area contributed by atoms with E-state index in [0.29, 0.717) is 18.5 Å².